The van der Waals surface area contributed by atoms with Gasteiger partial charge < -0.3 is 5.11 Å². The van der Waals surface area contributed by atoms with Gasteiger partial charge in [-0.3, -0.25) is 0 Å². The van der Waals surface area contributed by atoms with Crippen molar-refractivity contribution in [1.29, 1.82) is 0 Å². The number of aliphatic hydroxyl groups is 1. The van der Waals surface area contributed by atoms with E-state index in [0.717, 1.165) is 6.42 Å². The van der Waals surface area contributed by atoms with E-state index in [1.807, 2.05) is 0 Å². The second kappa shape index (κ2) is 12.0. The van der Waals surface area contributed by atoms with Crippen LogP contribution < -0.4 is 10.4 Å². The lowest BCUT2D eigenvalue weighted by Gasteiger charge is -2.55. The van der Waals surface area contributed by atoms with Crippen LogP contribution in [0.1, 0.15) is 40.5 Å². The molecule has 0 aliphatic heterocycles. The Bertz CT molecular complexity index is 2850. The molecule has 0 heterocycles. The van der Waals surface area contributed by atoms with Crippen LogP contribution in [0.2, 0.25) is 0 Å². The second-order valence-electron chi connectivity index (χ2n) is 15.1. The number of hydrogen-bond donors (Lipinski definition) is 1. The van der Waals surface area contributed by atoms with Crippen molar-refractivity contribution < 1.29 is 5.11 Å². The van der Waals surface area contributed by atoms with Gasteiger partial charge in [0.1, 0.15) is 0 Å². The van der Waals surface area contributed by atoms with Gasteiger partial charge >= 0.3 is 0 Å². The van der Waals surface area contributed by atoms with Gasteiger partial charge in [0.2, 0.25) is 0 Å². The van der Waals surface area contributed by atoms with Crippen LogP contribution in [0.4, 0.5) is 0 Å². The van der Waals surface area contributed by atoms with Crippen LogP contribution in [0.25, 0.3) is 54.9 Å². The number of hydrogen-bond acceptors (Lipinski definition) is 1. The fraction of sp³-hybridized carbons (Fsp3) is 0.115. The van der Waals surface area contributed by atoms with E-state index < -0.39 is 6.10 Å². The van der Waals surface area contributed by atoms with Gasteiger partial charge in [0, 0.05) is 11.8 Å². The lowest BCUT2D eigenvalue weighted by Crippen LogP contribution is -2.52. The molecule has 0 aromatic heterocycles. The van der Waals surface area contributed by atoms with Crippen molar-refractivity contribution in [1.82, 2.24) is 0 Å². The molecule has 4 aliphatic carbocycles. The first kappa shape index (κ1) is 30.6. The summed E-state index contributed by atoms with van der Waals surface area (Å²) in [5, 5.41) is 19.9. The van der Waals surface area contributed by atoms with E-state index in [1.165, 1.54) is 87.6 Å². The first-order valence-corrected chi connectivity index (χ1v) is 19.0. The molecule has 1 N–H and O–H groups in total. The topological polar surface area (TPSA) is 20.2 Å². The van der Waals surface area contributed by atoms with Gasteiger partial charge in [0.05, 0.1) is 6.10 Å². The Kier molecular flexibility index (Phi) is 6.94. The van der Waals surface area contributed by atoms with Gasteiger partial charge in [-0.15, -0.1) is 0 Å². The fourth-order valence-electron chi connectivity index (χ4n) is 10.7. The predicted molar refractivity (Wildman–Crippen MR) is 219 cm³/mol. The van der Waals surface area contributed by atoms with Gasteiger partial charge in [-0.25, -0.2) is 0 Å². The van der Waals surface area contributed by atoms with Crippen LogP contribution in [-0.2, 0) is 0 Å². The Morgan fingerprint density at radius 3 is 1.40 bits per heavy atom. The maximum atomic E-state index is 12.3. The van der Waals surface area contributed by atoms with Crippen LogP contribution in [0.15, 0.2) is 182 Å². The van der Waals surface area contributed by atoms with E-state index in [2.05, 4.69) is 182 Å². The van der Waals surface area contributed by atoms with Crippen molar-refractivity contribution in [3.63, 3.8) is 0 Å². The molecular weight excluding hydrogens is 641 g/mol. The molecule has 1 saturated carbocycles. The molecule has 5 atom stereocenters. The highest BCUT2D eigenvalue weighted by Gasteiger charge is 2.55. The lowest BCUT2D eigenvalue weighted by molar-refractivity contribution is 0.0467. The molecule has 53 heavy (non-hydrogen) atoms. The molecular formula is C52H38O. The third-order valence-electron chi connectivity index (χ3n) is 12.6. The standard InChI is InChI=1S/C52H38O/c53-45-31-44-38-23-11-12-24-39(38)50(45)52-49(43-30-28-33-16-8-10-22-37(33)47(43)35-19-5-2-6-20-35)41-26-14-13-25-40(41)48(51(44)52)42-29-27-32-15-7-9-21-36(32)46(42)34-17-3-1-4-18-34/h1-30,44-45,50-53H,31H2. The normalized spacial score (nSPS) is 21.3. The molecule has 252 valence electrons. The van der Waals surface area contributed by atoms with E-state index >= 15 is 0 Å². The minimum absolute atomic E-state index is 0.0321. The van der Waals surface area contributed by atoms with Gasteiger partial charge in [-0.1, -0.05) is 182 Å². The predicted octanol–water partition coefficient (Wildman–Crippen LogP) is 10.6. The molecule has 1 nitrogen and oxygen atoms in total. The summed E-state index contributed by atoms with van der Waals surface area (Å²) in [7, 11) is 0. The fourth-order valence-corrected chi connectivity index (χ4v) is 10.7. The van der Waals surface area contributed by atoms with Gasteiger partial charge in [-0.2, -0.15) is 0 Å². The first-order chi connectivity index (χ1) is 26.3. The number of aliphatic hydroxyl groups excluding tert-OH is 1. The van der Waals surface area contributed by atoms with Crippen molar-refractivity contribution >= 4 is 32.7 Å². The Hall–Kier alpha value is -6.02. The summed E-state index contributed by atoms with van der Waals surface area (Å²) < 4.78 is 0. The highest BCUT2D eigenvalue weighted by Crippen LogP contribution is 2.63. The van der Waals surface area contributed by atoms with Crippen molar-refractivity contribution in [2.75, 3.05) is 0 Å². The molecule has 8 aromatic rings. The van der Waals surface area contributed by atoms with Crippen molar-refractivity contribution in [3.05, 3.63) is 215 Å². The van der Waals surface area contributed by atoms with Crippen molar-refractivity contribution in [3.8, 4) is 22.3 Å². The maximum Gasteiger partial charge on any atom is 0.0621 e. The molecule has 5 unspecified atom stereocenters. The zero-order valence-corrected chi connectivity index (χ0v) is 29.4. The molecule has 12 rings (SSSR count). The molecule has 0 radical (unpaired) electrons. The Balaban J connectivity index is 1.33. The Morgan fingerprint density at radius 2 is 0.830 bits per heavy atom. The molecule has 1 fully saturated rings. The summed E-state index contributed by atoms with van der Waals surface area (Å²) in [4.78, 5) is 0. The molecule has 0 saturated heterocycles. The largest absolute Gasteiger partial charge is 0.392 e. The van der Waals surface area contributed by atoms with E-state index in [0.29, 0.717) is 0 Å². The smallest absolute Gasteiger partial charge is 0.0621 e. The minimum atomic E-state index is -0.427. The summed E-state index contributed by atoms with van der Waals surface area (Å²) in [6.07, 6.45) is 0.336. The maximum absolute atomic E-state index is 12.3. The van der Waals surface area contributed by atoms with Crippen LogP contribution in [0, 0.1) is 11.8 Å². The van der Waals surface area contributed by atoms with Gasteiger partial charge in [0.25, 0.3) is 0 Å². The molecule has 8 aromatic carbocycles. The molecule has 0 amide bonds. The zero-order chi connectivity index (χ0) is 35.0. The highest BCUT2D eigenvalue weighted by atomic mass is 16.3. The molecule has 0 spiro atoms. The number of benzene rings is 8. The molecule has 1 heteroatoms. The van der Waals surface area contributed by atoms with Crippen molar-refractivity contribution in [2.24, 2.45) is 11.8 Å². The van der Waals surface area contributed by atoms with Crippen LogP contribution in [-0.4, -0.2) is 11.2 Å². The molecule has 4 aliphatic rings. The lowest BCUT2D eigenvalue weighted by atomic mass is 9.49. The third kappa shape index (κ3) is 4.54. The summed E-state index contributed by atoms with van der Waals surface area (Å²) in [5.74, 6) is 0.379. The monoisotopic (exact) mass is 678 g/mol. The number of fused-ring (bicyclic) bond motifs is 4. The summed E-state index contributed by atoms with van der Waals surface area (Å²) in [6, 6.07) is 67.1. The summed E-state index contributed by atoms with van der Waals surface area (Å²) in [6.45, 7) is 0. The first-order valence-electron chi connectivity index (χ1n) is 19.0. The minimum Gasteiger partial charge on any atom is -0.392 e. The SMILES string of the molecule is OC1CC2c3ccccc3C1C1C(c3ccc4ccccc4c3-c3ccccc3)=c3ccccc3=C(c3ccc4ccccc4c3-c3ccccc3)C21. The van der Waals surface area contributed by atoms with E-state index in [9.17, 15) is 5.11 Å². The Morgan fingerprint density at radius 1 is 0.377 bits per heavy atom. The second-order valence-corrected chi connectivity index (χ2v) is 15.1. The van der Waals surface area contributed by atoms with Gasteiger partial charge in [-0.05, 0) is 106 Å². The quantitative estimate of drug-likeness (QED) is 0.196. The summed E-state index contributed by atoms with van der Waals surface area (Å²) >= 11 is 0. The highest BCUT2D eigenvalue weighted by molar-refractivity contribution is 6.05. The van der Waals surface area contributed by atoms with E-state index in [-0.39, 0.29) is 23.7 Å². The van der Waals surface area contributed by atoms with Crippen LogP contribution in [0.5, 0.6) is 0 Å². The van der Waals surface area contributed by atoms with E-state index in [1.54, 1.807) is 0 Å². The van der Waals surface area contributed by atoms with Crippen molar-refractivity contribution in [2.45, 2.75) is 24.4 Å². The van der Waals surface area contributed by atoms with Crippen LogP contribution in [0.3, 0.4) is 0 Å². The number of rotatable bonds is 4. The average Bonchev–Trinajstić information content (AvgIpc) is 3.22. The van der Waals surface area contributed by atoms with Gasteiger partial charge in [0.15, 0.2) is 0 Å². The summed E-state index contributed by atoms with van der Waals surface area (Å²) in [5.41, 5.74) is 13.1. The van der Waals surface area contributed by atoms with Crippen LogP contribution >= 0.6 is 0 Å². The van der Waals surface area contributed by atoms with E-state index in [4.69, 9.17) is 0 Å². The Labute approximate surface area is 309 Å². The zero-order valence-electron chi connectivity index (χ0n) is 29.4. The third-order valence-corrected chi connectivity index (χ3v) is 12.6. The average molecular weight is 679 g/mol. The molecule has 2 bridgehead atoms.